The van der Waals surface area contributed by atoms with Gasteiger partial charge in [0, 0.05) is 17.9 Å². The Bertz CT molecular complexity index is 434. The molecule has 0 heterocycles. The number of thiol groups is 2. The maximum absolute atomic E-state index is 11.9. The van der Waals surface area contributed by atoms with E-state index in [0.717, 1.165) is 0 Å². The van der Waals surface area contributed by atoms with E-state index in [1.807, 2.05) is 0 Å². The zero-order chi connectivity index (χ0) is 17.3. The number of hydrogen-bond donors (Lipinski definition) is 7. The van der Waals surface area contributed by atoms with Crippen molar-refractivity contribution in [1.82, 2.24) is 10.6 Å². The van der Waals surface area contributed by atoms with Gasteiger partial charge in [-0.2, -0.15) is 25.3 Å². The van der Waals surface area contributed by atoms with E-state index < -0.39 is 41.9 Å². The Hall–Kier alpha value is -1.46. The van der Waals surface area contributed by atoms with E-state index >= 15 is 0 Å². The Morgan fingerprint density at radius 1 is 0.955 bits per heavy atom. The van der Waals surface area contributed by atoms with Gasteiger partial charge < -0.3 is 26.6 Å². The van der Waals surface area contributed by atoms with E-state index in [9.17, 15) is 19.2 Å². The summed E-state index contributed by atoms with van der Waals surface area (Å²) in [5.74, 6) is -4.01. The molecule has 0 saturated carbocycles. The number of nitrogens with two attached hydrogens (primary N) is 1. The van der Waals surface area contributed by atoms with Gasteiger partial charge in [0.15, 0.2) is 0 Å². The highest BCUT2D eigenvalue weighted by Gasteiger charge is 2.26. The molecular weight excluding hydrogens is 334 g/mol. The first kappa shape index (κ1) is 20.5. The van der Waals surface area contributed by atoms with Crippen LogP contribution in [0.1, 0.15) is 12.8 Å². The van der Waals surface area contributed by atoms with Crippen LogP contribution in [0.3, 0.4) is 0 Å². The number of aliphatic carboxylic acids is 2. The van der Waals surface area contributed by atoms with Gasteiger partial charge in [0.25, 0.3) is 0 Å². The van der Waals surface area contributed by atoms with Crippen LogP contribution < -0.4 is 16.4 Å². The predicted molar refractivity (Wildman–Crippen MR) is 84.0 cm³/mol. The molecule has 2 amide bonds. The summed E-state index contributed by atoms with van der Waals surface area (Å²) in [6.45, 7) is 0. The number of carbonyl (C=O) groups excluding carboxylic acids is 2. The quantitative estimate of drug-likeness (QED) is 0.226. The zero-order valence-electron chi connectivity index (χ0n) is 11.6. The molecule has 11 heteroatoms. The molecule has 0 rings (SSSR count). The van der Waals surface area contributed by atoms with Gasteiger partial charge in [-0.15, -0.1) is 0 Å². The molecule has 0 aliphatic rings. The van der Waals surface area contributed by atoms with Gasteiger partial charge in [-0.25, -0.2) is 4.79 Å². The van der Waals surface area contributed by atoms with Crippen LogP contribution in [0.15, 0.2) is 0 Å². The summed E-state index contributed by atoms with van der Waals surface area (Å²) in [5.41, 5.74) is 5.51. The van der Waals surface area contributed by atoms with E-state index in [1.54, 1.807) is 0 Å². The monoisotopic (exact) mass is 353 g/mol. The Labute approximate surface area is 137 Å². The van der Waals surface area contributed by atoms with Crippen LogP contribution in [0.4, 0.5) is 0 Å². The number of carboxylic acids is 2. The lowest BCUT2D eigenvalue weighted by molar-refractivity contribution is -0.141. The van der Waals surface area contributed by atoms with Crippen molar-refractivity contribution in [3.63, 3.8) is 0 Å². The van der Waals surface area contributed by atoms with Crippen LogP contribution in [0, 0.1) is 0 Å². The molecule has 0 bridgehead atoms. The minimum atomic E-state index is -1.26. The minimum Gasteiger partial charge on any atom is -0.481 e. The fraction of sp³-hybridized carbons (Fsp3) is 0.636. The third-order valence-electron chi connectivity index (χ3n) is 2.62. The zero-order valence-corrected chi connectivity index (χ0v) is 13.3. The average Bonchev–Trinajstić information content (AvgIpc) is 2.46. The maximum atomic E-state index is 11.9. The SMILES string of the molecule is NC(CCC(=O)O)C(=O)NC(CS)C(=O)NC(CS)C(=O)O. The largest absolute Gasteiger partial charge is 0.481 e. The van der Waals surface area contributed by atoms with Gasteiger partial charge in [0.1, 0.15) is 12.1 Å². The van der Waals surface area contributed by atoms with Crippen LogP contribution in [0.25, 0.3) is 0 Å². The van der Waals surface area contributed by atoms with Gasteiger partial charge in [0.05, 0.1) is 6.04 Å². The van der Waals surface area contributed by atoms with Crippen LogP contribution in [-0.2, 0) is 19.2 Å². The standard InChI is InChI=1S/C11H19N3O6S2/c12-5(1-2-8(15)16)9(17)13-6(3-21)10(18)14-7(4-22)11(19)20/h5-7,21-22H,1-4,12H2,(H,13,17)(H,14,18)(H,15,16)(H,19,20). The summed E-state index contributed by atoms with van der Waals surface area (Å²) < 4.78 is 0. The Kier molecular flexibility index (Phi) is 9.61. The number of amides is 2. The van der Waals surface area contributed by atoms with Crippen LogP contribution in [0.5, 0.6) is 0 Å². The normalized spacial score (nSPS) is 14.5. The van der Waals surface area contributed by atoms with Crippen molar-refractivity contribution >= 4 is 49.0 Å². The summed E-state index contributed by atoms with van der Waals surface area (Å²) in [6.07, 6.45) is -0.371. The molecule has 6 N–H and O–H groups in total. The lowest BCUT2D eigenvalue weighted by Crippen LogP contribution is -2.55. The molecule has 0 aromatic rings. The van der Waals surface area contributed by atoms with Gasteiger partial charge in [-0.05, 0) is 6.42 Å². The summed E-state index contributed by atoms with van der Waals surface area (Å²) in [7, 11) is 0. The molecule has 0 aromatic heterocycles. The Morgan fingerprint density at radius 2 is 1.45 bits per heavy atom. The van der Waals surface area contributed by atoms with Crippen molar-refractivity contribution in [3.8, 4) is 0 Å². The molecule has 0 saturated heterocycles. The number of carboxylic acid groups (broad SMARTS) is 2. The van der Waals surface area contributed by atoms with E-state index in [1.165, 1.54) is 0 Å². The highest BCUT2D eigenvalue weighted by atomic mass is 32.1. The summed E-state index contributed by atoms with van der Waals surface area (Å²) in [4.78, 5) is 44.8. The third kappa shape index (κ3) is 7.52. The highest BCUT2D eigenvalue weighted by molar-refractivity contribution is 7.80. The minimum absolute atomic E-state index is 0.0812. The van der Waals surface area contributed by atoms with Gasteiger partial charge in [-0.1, -0.05) is 0 Å². The summed E-state index contributed by atoms with van der Waals surface area (Å²) in [5, 5.41) is 21.8. The smallest absolute Gasteiger partial charge is 0.327 e. The van der Waals surface area contributed by atoms with Gasteiger partial charge in [0.2, 0.25) is 11.8 Å². The second-order valence-electron chi connectivity index (χ2n) is 4.36. The van der Waals surface area contributed by atoms with Crippen molar-refractivity contribution in [3.05, 3.63) is 0 Å². The second-order valence-corrected chi connectivity index (χ2v) is 5.09. The van der Waals surface area contributed by atoms with E-state index in [-0.39, 0.29) is 24.3 Å². The molecule has 3 atom stereocenters. The van der Waals surface area contributed by atoms with Crippen LogP contribution in [-0.4, -0.2) is 63.6 Å². The second kappa shape index (κ2) is 10.3. The van der Waals surface area contributed by atoms with E-state index in [4.69, 9.17) is 15.9 Å². The summed E-state index contributed by atoms with van der Waals surface area (Å²) in [6, 6.07) is -3.38. The topological polar surface area (TPSA) is 159 Å². The van der Waals surface area contributed by atoms with E-state index in [2.05, 4.69) is 35.9 Å². The predicted octanol–water partition coefficient (Wildman–Crippen LogP) is -1.91. The molecule has 0 aromatic carbocycles. The van der Waals surface area contributed by atoms with Crippen molar-refractivity contribution in [2.24, 2.45) is 5.73 Å². The molecule has 126 valence electrons. The lowest BCUT2D eigenvalue weighted by Gasteiger charge is -2.20. The first-order valence-electron chi connectivity index (χ1n) is 6.25. The lowest BCUT2D eigenvalue weighted by atomic mass is 10.1. The highest BCUT2D eigenvalue weighted by Crippen LogP contribution is 1.98. The van der Waals surface area contributed by atoms with Crippen molar-refractivity contribution < 1.29 is 29.4 Å². The molecule has 0 spiro atoms. The molecule has 0 aliphatic heterocycles. The molecule has 3 unspecified atom stereocenters. The number of nitrogens with one attached hydrogen (secondary N) is 2. The van der Waals surface area contributed by atoms with E-state index in [0.29, 0.717) is 0 Å². The molecule has 0 aliphatic carbocycles. The van der Waals surface area contributed by atoms with Gasteiger partial charge >= 0.3 is 11.9 Å². The average molecular weight is 353 g/mol. The first-order valence-corrected chi connectivity index (χ1v) is 7.52. The number of carbonyl (C=O) groups is 4. The van der Waals surface area contributed by atoms with Crippen LogP contribution >= 0.6 is 25.3 Å². The Morgan fingerprint density at radius 3 is 1.86 bits per heavy atom. The number of rotatable bonds is 10. The molecular formula is C11H19N3O6S2. The third-order valence-corrected chi connectivity index (χ3v) is 3.35. The van der Waals surface area contributed by atoms with Crippen molar-refractivity contribution in [1.29, 1.82) is 0 Å². The van der Waals surface area contributed by atoms with Crippen molar-refractivity contribution in [2.75, 3.05) is 11.5 Å². The van der Waals surface area contributed by atoms with Gasteiger partial charge in [-0.3, -0.25) is 14.4 Å². The maximum Gasteiger partial charge on any atom is 0.327 e. The summed E-state index contributed by atoms with van der Waals surface area (Å²) >= 11 is 7.71. The molecule has 0 radical (unpaired) electrons. The fourth-order valence-corrected chi connectivity index (χ4v) is 1.85. The van der Waals surface area contributed by atoms with Crippen molar-refractivity contribution in [2.45, 2.75) is 31.0 Å². The van der Waals surface area contributed by atoms with Crippen LogP contribution in [0.2, 0.25) is 0 Å². The molecule has 0 fully saturated rings. The fourth-order valence-electron chi connectivity index (χ4n) is 1.34. The molecule has 22 heavy (non-hydrogen) atoms. The molecule has 9 nitrogen and oxygen atoms in total. The first-order chi connectivity index (χ1) is 10.2. The Balaban J connectivity index is 4.57. The number of hydrogen-bond acceptors (Lipinski definition) is 7.